The maximum Gasteiger partial charge on any atom is 0.416 e. The Morgan fingerprint density at radius 1 is 1.39 bits per heavy atom. The lowest BCUT2D eigenvalue weighted by molar-refractivity contribution is -0.137. The first-order chi connectivity index (χ1) is 10.6. The third kappa shape index (κ3) is 4.60. The van der Waals surface area contributed by atoms with E-state index >= 15 is 0 Å². The molecule has 1 aliphatic heterocycles. The molecule has 0 aromatic heterocycles. The molecule has 0 radical (unpaired) electrons. The quantitative estimate of drug-likeness (QED) is 0.829. The van der Waals surface area contributed by atoms with Crippen LogP contribution in [0.2, 0.25) is 0 Å². The van der Waals surface area contributed by atoms with Crippen molar-refractivity contribution in [2.24, 2.45) is 0 Å². The number of carbonyl (C=O) groups excluding carboxylic acids is 1. The van der Waals surface area contributed by atoms with Gasteiger partial charge in [-0.2, -0.15) is 13.2 Å². The smallest absolute Gasteiger partial charge is 0.416 e. The highest BCUT2D eigenvalue weighted by Crippen LogP contribution is 2.31. The normalized spacial score (nSPS) is 20.3. The predicted molar refractivity (Wildman–Crippen MR) is 76.8 cm³/mol. The van der Waals surface area contributed by atoms with E-state index in [2.05, 4.69) is 0 Å². The van der Waals surface area contributed by atoms with E-state index in [0.29, 0.717) is 6.42 Å². The lowest BCUT2D eigenvalue weighted by atomic mass is 10.2. The highest BCUT2D eigenvalue weighted by Gasteiger charge is 2.33. The monoisotopic (exact) mass is 351 g/mol. The Hall–Kier alpha value is -1.77. The van der Waals surface area contributed by atoms with E-state index in [9.17, 15) is 26.4 Å². The molecule has 23 heavy (non-hydrogen) atoms. The van der Waals surface area contributed by atoms with E-state index < -0.39 is 40.1 Å². The Morgan fingerprint density at radius 3 is 2.65 bits per heavy atom. The van der Waals surface area contributed by atoms with Crippen molar-refractivity contribution in [2.75, 3.05) is 25.2 Å². The van der Waals surface area contributed by atoms with Crippen LogP contribution in [0, 0.1) is 0 Å². The largest absolute Gasteiger partial charge is 0.484 e. The molecule has 1 aromatic carbocycles. The maximum atomic E-state index is 12.6. The fraction of sp³-hybridized carbons (Fsp3) is 0.500. The number of carbonyl (C=O) groups is 1. The van der Waals surface area contributed by atoms with Crippen molar-refractivity contribution in [2.45, 2.75) is 18.6 Å². The van der Waals surface area contributed by atoms with Crippen molar-refractivity contribution < 1.29 is 31.1 Å². The Labute approximate surface area is 132 Å². The summed E-state index contributed by atoms with van der Waals surface area (Å²) >= 11 is 0. The second-order valence-corrected chi connectivity index (χ2v) is 7.60. The van der Waals surface area contributed by atoms with Crippen LogP contribution in [0.3, 0.4) is 0 Å². The Morgan fingerprint density at radius 2 is 2.09 bits per heavy atom. The minimum Gasteiger partial charge on any atom is -0.484 e. The van der Waals surface area contributed by atoms with Crippen LogP contribution < -0.4 is 4.74 Å². The number of halogens is 3. The second-order valence-electron chi connectivity index (χ2n) is 5.38. The number of likely N-dealkylation sites (N-methyl/N-ethyl adjacent to an activating group) is 1. The van der Waals surface area contributed by atoms with Crippen molar-refractivity contribution in [3.05, 3.63) is 29.8 Å². The molecular formula is C14H16F3NO4S. The van der Waals surface area contributed by atoms with Crippen LogP contribution in [0.1, 0.15) is 12.0 Å². The minimum absolute atomic E-state index is 0.0315. The van der Waals surface area contributed by atoms with Gasteiger partial charge in [-0.05, 0) is 24.6 Å². The van der Waals surface area contributed by atoms with Crippen LogP contribution in [-0.4, -0.2) is 50.4 Å². The SMILES string of the molecule is CN(C(=O)COc1cccc(C(F)(F)F)c1)C1CCS(=O)(=O)C1. The van der Waals surface area contributed by atoms with Gasteiger partial charge >= 0.3 is 6.18 Å². The molecule has 9 heteroatoms. The molecule has 0 N–H and O–H groups in total. The van der Waals surface area contributed by atoms with Gasteiger partial charge < -0.3 is 9.64 Å². The summed E-state index contributed by atoms with van der Waals surface area (Å²) < 4.78 is 65.7. The van der Waals surface area contributed by atoms with Gasteiger partial charge in [0.25, 0.3) is 5.91 Å². The molecule has 1 aromatic rings. The molecule has 1 unspecified atom stereocenters. The first-order valence-corrected chi connectivity index (χ1v) is 8.67. The summed E-state index contributed by atoms with van der Waals surface area (Å²) in [7, 11) is -1.66. The lowest BCUT2D eigenvalue weighted by Gasteiger charge is -2.23. The van der Waals surface area contributed by atoms with Crippen molar-refractivity contribution >= 4 is 15.7 Å². The third-order valence-electron chi connectivity index (χ3n) is 3.67. The zero-order valence-electron chi connectivity index (χ0n) is 12.3. The van der Waals surface area contributed by atoms with Gasteiger partial charge in [0, 0.05) is 13.1 Å². The summed E-state index contributed by atoms with van der Waals surface area (Å²) in [6.45, 7) is -0.450. The third-order valence-corrected chi connectivity index (χ3v) is 5.42. The zero-order valence-corrected chi connectivity index (χ0v) is 13.2. The highest BCUT2D eigenvalue weighted by molar-refractivity contribution is 7.91. The maximum absolute atomic E-state index is 12.6. The van der Waals surface area contributed by atoms with Crippen LogP contribution in [0.25, 0.3) is 0 Å². The molecule has 1 saturated heterocycles. The molecule has 1 fully saturated rings. The van der Waals surface area contributed by atoms with Gasteiger partial charge in [-0.25, -0.2) is 8.42 Å². The number of rotatable bonds is 4. The molecule has 128 valence electrons. The Kier molecular flexibility index (Phi) is 4.88. The summed E-state index contributed by atoms with van der Waals surface area (Å²) in [5.74, 6) is -0.618. The number of benzene rings is 1. The van der Waals surface area contributed by atoms with Crippen LogP contribution in [0.4, 0.5) is 13.2 Å². The van der Waals surface area contributed by atoms with E-state index in [0.717, 1.165) is 12.1 Å². The van der Waals surface area contributed by atoms with Gasteiger partial charge in [0.2, 0.25) is 0 Å². The number of hydrogen-bond acceptors (Lipinski definition) is 4. The van der Waals surface area contributed by atoms with Gasteiger partial charge in [0.1, 0.15) is 5.75 Å². The first-order valence-electron chi connectivity index (χ1n) is 6.84. The van der Waals surface area contributed by atoms with Gasteiger partial charge in [-0.1, -0.05) is 6.07 Å². The summed E-state index contributed by atoms with van der Waals surface area (Å²) in [5, 5.41) is 0. The number of ether oxygens (including phenoxy) is 1. The topological polar surface area (TPSA) is 63.7 Å². The molecule has 1 aliphatic rings. The van der Waals surface area contributed by atoms with Crippen LogP contribution in [0.15, 0.2) is 24.3 Å². The van der Waals surface area contributed by atoms with Gasteiger partial charge in [-0.15, -0.1) is 0 Å². The number of alkyl halides is 3. The predicted octanol–water partition coefficient (Wildman–Crippen LogP) is 1.73. The second kappa shape index (κ2) is 6.38. The molecule has 2 rings (SSSR count). The number of hydrogen-bond donors (Lipinski definition) is 0. The molecule has 0 saturated carbocycles. The first kappa shape index (κ1) is 17.6. The molecule has 0 aliphatic carbocycles. The van der Waals surface area contributed by atoms with E-state index in [1.165, 1.54) is 24.1 Å². The Bertz CT molecular complexity index is 688. The number of sulfone groups is 1. The lowest BCUT2D eigenvalue weighted by Crippen LogP contribution is -2.40. The van der Waals surface area contributed by atoms with Crippen LogP contribution >= 0.6 is 0 Å². The van der Waals surface area contributed by atoms with Crippen LogP contribution in [-0.2, 0) is 20.8 Å². The minimum atomic E-state index is -4.49. The summed E-state index contributed by atoms with van der Waals surface area (Å²) in [4.78, 5) is 13.3. The average molecular weight is 351 g/mol. The fourth-order valence-electron chi connectivity index (χ4n) is 2.29. The summed E-state index contributed by atoms with van der Waals surface area (Å²) in [6, 6.07) is 3.81. The van der Waals surface area contributed by atoms with E-state index in [-0.39, 0.29) is 17.3 Å². The van der Waals surface area contributed by atoms with E-state index in [1.54, 1.807) is 0 Å². The number of nitrogens with zero attached hydrogens (tertiary/aromatic N) is 1. The molecule has 5 nitrogen and oxygen atoms in total. The van der Waals surface area contributed by atoms with Crippen molar-refractivity contribution in [1.29, 1.82) is 0 Å². The van der Waals surface area contributed by atoms with Gasteiger partial charge in [0.15, 0.2) is 16.4 Å². The Balaban J connectivity index is 1.94. The van der Waals surface area contributed by atoms with Crippen molar-refractivity contribution in [3.63, 3.8) is 0 Å². The summed E-state index contributed by atoms with van der Waals surface area (Å²) in [6.07, 6.45) is -4.13. The average Bonchev–Trinajstić information content (AvgIpc) is 2.83. The van der Waals surface area contributed by atoms with E-state index in [1.807, 2.05) is 0 Å². The molecule has 0 bridgehead atoms. The molecule has 1 amide bonds. The standard InChI is InChI=1S/C14H16F3NO4S/c1-18(11-5-6-23(20,21)9-11)13(19)8-22-12-4-2-3-10(7-12)14(15,16)17/h2-4,7,11H,5-6,8-9H2,1H3. The van der Waals surface area contributed by atoms with Crippen molar-refractivity contribution in [1.82, 2.24) is 4.90 Å². The van der Waals surface area contributed by atoms with Crippen molar-refractivity contribution in [3.8, 4) is 5.75 Å². The fourth-order valence-corrected chi connectivity index (χ4v) is 4.07. The van der Waals surface area contributed by atoms with E-state index in [4.69, 9.17) is 4.74 Å². The number of amides is 1. The molecule has 0 spiro atoms. The molecule has 1 atom stereocenters. The molecular weight excluding hydrogens is 335 g/mol. The molecule has 1 heterocycles. The van der Waals surface area contributed by atoms with Crippen LogP contribution in [0.5, 0.6) is 5.75 Å². The van der Waals surface area contributed by atoms with Gasteiger partial charge in [-0.3, -0.25) is 4.79 Å². The summed E-state index contributed by atoms with van der Waals surface area (Å²) in [5.41, 5.74) is -0.863. The van der Waals surface area contributed by atoms with Gasteiger partial charge in [0.05, 0.1) is 17.1 Å². The highest BCUT2D eigenvalue weighted by atomic mass is 32.2. The zero-order chi connectivity index (χ0) is 17.3.